The van der Waals surface area contributed by atoms with Gasteiger partial charge in [0.15, 0.2) is 10.9 Å². The molecule has 4 aliphatic rings. The van der Waals surface area contributed by atoms with E-state index >= 15 is 0 Å². The minimum Gasteiger partial charge on any atom is -0.378 e. The number of carbonyl (C=O) groups is 1. The number of nitrogens with zero attached hydrogens (tertiary/aromatic N) is 4. The summed E-state index contributed by atoms with van der Waals surface area (Å²) >= 11 is 1.77. The van der Waals surface area contributed by atoms with Crippen molar-refractivity contribution in [3.63, 3.8) is 0 Å². The van der Waals surface area contributed by atoms with Crippen molar-refractivity contribution in [3.8, 4) is 0 Å². The Morgan fingerprint density at radius 3 is 3.00 bits per heavy atom. The Bertz CT molecular complexity index is 662. The summed E-state index contributed by atoms with van der Waals surface area (Å²) in [6.45, 7) is 6.86. The van der Waals surface area contributed by atoms with E-state index < -0.39 is 0 Å². The summed E-state index contributed by atoms with van der Waals surface area (Å²) in [4.78, 5) is 25.0. The topological polar surface area (TPSA) is 58.1 Å². The third kappa shape index (κ3) is 2.58. The van der Waals surface area contributed by atoms with E-state index in [1.54, 1.807) is 11.3 Å². The molecule has 1 aromatic heterocycles. The maximum atomic E-state index is 12.4. The number of ether oxygens (including phenoxy) is 2. The molecule has 1 spiro atoms. The van der Waals surface area contributed by atoms with Gasteiger partial charge in [-0.25, -0.2) is 4.98 Å². The largest absolute Gasteiger partial charge is 0.378 e. The first-order valence-corrected chi connectivity index (χ1v) is 10.0. The van der Waals surface area contributed by atoms with Gasteiger partial charge in [-0.2, -0.15) is 0 Å². The fourth-order valence-corrected chi connectivity index (χ4v) is 5.68. The van der Waals surface area contributed by atoms with Gasteiger partial charge < -0.3 is 19.3 Å². The van der Waals surface area contributed by atoms with Crippen LogP contribution in [0.15, 0.2) is 6.20 Å². The van der Waals surface area contributed by atoms with Crippen LogP contribution in [0.25, 0.3) is 0 Å². The summed E-state index contributed by atoms with van der Waals surface area (Å²) in [5.74, 6) is 0.257. The number of morpholine rings is 1. The van der Waals surface area contributed by atoms with Crippen molar-refractivity contribution in [2.24, 2.45) is 0 Å². The Labute approximate surface area is 151 Å². The first-order chi connectivity index (χ1) is 12.3. The normalized spacial score (nSPS) is 33.0. The molecule has 4 fully saturated rings. The van der Waals surface area contributed by atoms with Gasteiger partial charge in [0.2, 0.25) is 5.91 Å². The predicted molar refractivity (Wildman–Crippen MR) is 93.6 cm³/mol. The first kappa shape index (κ1) is 16.0. The van der Waals surface area contributed by atoms with Crippen LogP contribution < -0.4 is 4.90 Å². The number of carbonyl (C=O) groups excluding carboxylic acids is 1. The van der Waals surface area contributed by atoms with Crippen LogP contribution in [0.1, 0.15) is 24.1 Å². The molecule has 0 aliphatic carbocycles. The average Bonchev–Trinajstić information content (AvgIpc) is 3.31. The number of anilines is 1. The third-order valence-corrected chi connectivity index (χ3v) is 6.95. The molecule has 8 heteroatoms. The Kier molecular flexibility index (Phi) is 3.96. The van der Waals surface area contributed by atoms with E-state index in [-0.39, 0.29) is 17.7 Å². The number of thiazole rings is 1. The lowest BCUT2D eigenvalue weighted by atomic mass is 10.0. The highest BCUT2D eigenvalue weighted by molar-refractivity contribution is 7.15. The molecule has 0 aromatic carbocycles. The maximum Gasteiger partial charge on any atom is 0.226 e. The van der Waals surface area contributed by atoms with E-state index in [1.807, 2.05) is 11.1 Å². The van der Waals surface area contributed by atoms with Crippen LogP contribution in [0, 0.1) is 0 Å². The zero-order valence-corrected chi connectivity index (χ0v) is 15.2. The van der Waals surface area contributed by atoms with Gasteiger partial charge in [0.25, 0.3) is 0 Å². The third-order valence-electron chi connectivity index (χ3n) is 5.90. The van der Waals surface area contributed by atoms with Crippen LogP contribution in [-0.4, -0.2) is 78.5 Å². The smallest absolute Gasteiger partial charge is 0.226 e. The molecular weight excluding hydrogens is 340 g/mol. The summed E-state index contributed by atoms with van der Waals surface area (Å²) < 4.78 is 11.6. The lowest BCUT2D eigenvalue weighted by Crippen LogP contribution is -2.56. The lowest BCUT2D eigenvalue weighted by Gasteiger charge is -2.42. The van der Waals surface area contributed by atoms with Crippen molar-refractivity contribution in [1.29, 1.82) is 0 Å². The van der Waals surface area contributed by atoms with E-state index in [9.17, 15) is 4.79 Å². The summed E-state index contributed by atoms with van der Waals surface area (Å²) in [6.07, 6.45) is 4.47. The number of aromatic nitrogens is 1. The number of hydrogen-bond donors (Lipinski definition) is 0. The van der Waals surface area contributed by atoms with Crippen molar-refractivity contribution in [1.82, 2.24) is 14.8 Å². The van der Waals surface area contributed by atoms with Gasteiger partial charge in [0, 0.05) is 56.6 Å². The summed E-state index contributed by atoms with van der Waals surface area (Å²) in [7, 11) is 0. The number of rotatable bonds is 3. The molecule has 0 radical (unpaired) electrons. The average molecular weight is 364 g/mol. The quantitative estimate of drug-likeness (QED) is 0.794. The zero-order chi connectivity index (χ0) is 16.9. The molecule has 0 unspecified atom stereocenters. The minimum absolute atomic E-state index is 0.189. The highest BCUT2D eigenvalue weighted by Crippen LogP contribution is 2.45. The van der Waals surface area contributed by atoms with Crippen LogP contribution >= 0.6 is 11.3 Å². The van der Waals surface area contributed by atoms with E-state index in [2.05, 4.69) is 14.8 Å². The monoisotopic (exact) mass is 364 g/mol. The second-order valence-electron chi connectivity index (χ2n) is 7.24. The molecule has 4 saturated heterocycles. The fourth-order valence-electron chi connectivity index (χ4n) is 4.69. The minimum atomic E-state index is -0.354. The second kappa shape index (κ2) is 6.19. The van der Waals surface area contributed by atoms with Gasteiger partial charge >= 0.3 is 0 Å². The van der Waals surface area contributed by atoms with E-state index in [0.717, 1.165) is 70.5 Å². The van der Waals surface area contributed by atoms with Crippen molar-refractivity contribution in [2.75, 3.05) is 50.9 Å². The molecule has 7 nitrogen and oxygen atoms in total. The fraction of sp³-hybridized carbons (Fsp3) is 0.765. The van der Waals surface area contributed by atoms with Gasteiger partial charge in [-0.1, -0.05) is 0 Å². The highest BCUT2D eigenvalue weighted by Gasteiger charge is 2.60. The molecule has 0 saturated carbocycles. The number of likely N-dealkylation sites (tertiary alicyclic amines) is 1. The van der Waals surface area contributed by atoms with Crippen molar-refractivity contribution in [3.05, 3.63) is 11.1 Å². The van der Waals surface area contributed by atoms with E-state index in [0.29, 0.717) is 6.42 Å². The summed E-state index contributed by atoms with van der Waals surface area (Å²) in [5.41, 5.74) is -0.354. The Balaban J connectivity index is 1.31. The number of amides is 1. The molecular formula is C17H24N4O3S. The van der Waals surface area contributed by atoms with Crippen LogP contribution in [0.2, 0.25) is 0 Å². The van der Waals surface area contributed by atoms with E-state index in [4.69, 9.17) is 9.47 Å². The molecule has 0 N–H and O–H groups in total. The summed E-state index contributed by atoms with van der Waals surface area (Å²) in [5, 5.41) is 1.09. The van der Waals surface area contributed by atoms with Gasteiger partial charge in [-0.15, -0.1) is 11.3 Å². The second-order valence-corrected chi connectivity index (χ2v) is 8.33. The molecule has 136 valence electrons. The highest BCUT2D eigenvalue weighted by atomic mass is 32.1. The van der Waals surface area contributed by atoms with Gasteiger partial charge in [-0.05, 0) is 6.42 Å². The molecule has 1 amide bonds. The SMILES string of the molecule is O=C1C[C@H]2N(Cc3cnc(N4CCOCC4)s3)CC[C@]23OCCCN13. The molecule has 0 bridgehead atoms. The zero-order valence-electron chi connectivity index (χ0n) is 14.4. The van der Waals surface area contributed by atoms with Crippen LogP contribution in [0.5, 0.6) is 0 Å². The van der Waals surface area contributed by atoms with Crippen molar-refractivity contribution in [2.45, 2.75) is 37.6 Å². The molecule has 4 aliphatic heterocycles. The summed E-state index contributed by atoms with van der Waals surface area (Å²) in [6, 6.07) is 0.189. The van der Waals surface area contributed by atoms with Gasteiger partial charge in [-0.3, -0.25) is 9.69 Å². The standard InChI is InChI=1S/C17H24N4O3S/c22-15-10-14-17(21(15)3-1-7-24-17)2-4-20(14)12-13-11-18-16(25-13)19-5-8-23-9-6-19/h11,14H,1-10,12H2/t14-,17+/m1/s1. The number of hydrogen-bond acceptors (Lipinski definition) is 7. The molecule has 5 heterocycles. The first-order valence-electron chi connectivity index (χ1n) is 9.22. The van der Waals surface area contributed by atoms with Crippen LogP contribution in [-0.2, 0) is 20.8 Å². The molecule has 25 heavy (non-hydrogen) atoms. The Hall–Kier alpha value is -1.22. The van der Waals surface area contributed by atoms with E-state index in [1.165, 1.54) is 4.88 Å². The lowest BCUT2D eigenvalue weighted by molar-refractivity contribution is -0.180. The van der Waals surface area contributed by atoms with Gasteiger partial charge in [0.1, 0.15) is 0 Å². The Morgan fingerprint density at radius 1 is 1.24 bits per heavy atom. The maximum absolute atomic E-state index is 12.4. The molecule has 2 atom stereocenters. The van der Waals surface area contributed by atoms with Crippen LogP contribution in [0.3, 0.4) is 0 Å². The van der Waals surface area contributed by atoms with Crippen molar-refractivity contribution < 1.29 is 14.3 Å². The Morgan fingerprint density at radius 2 is 2.12 bits per heavy atom. The predicted octanol–water partition coefficient (Wildman–Crippen LogP) is 0.903. The van der Waals surface area contributed by atoms with Crippen LogP contribution in [0.4, 0.5) is 5.13 Å². The molecule has 1 aromatic rings. The van der Waals surface area contributed by atoms with Crippen molar-refractivity contribution >= 4 is 22.4 Å². The van der Waals surface area contributed by atoms with Gasteiger partial charge in [0.05, 0.1) is 25.9 Å². The molecule has 5 rings (SSSR count).